The monoisotopic (exact) mass is 854 g/mol. The third kappa shape index (κ3) is 10.8. The van der Waals surface area contributed by atoms with Gasteiger partial charge in [-0.3, -0.25) is 9.59 Å². The summed E-state index contributed by atoms with van der Waals surface area (Å²) in [6.07, 6.45) is -21.1. The molecule has 15 atom stereocenters. The van der Waals surface area contributed by atoms with Crippen LogP contribution in [0.4, 0.5) is 0 Å². The minimum atomic E-state index is -1.99. The van der Waals surface area contributed by atoms with E-state index < -0.39 is 130 Å². The van der Waals surface area contributed by atoms with Gasteiger partial charge in [-0.05, 0) is 47.5 Å². The first-order chi connectivity index (χ1) is 28.6. The number of carbonyl (C=O) groups is 2. The van der Waals surface area contributed by atoms with Crippen LogP contribution in [0.5, 0.6) is 23.0 Å². The van der Waals surface area contributed by atoms with Crippen LogP contribution in [0.15, 0.2) is 48.6 Å². The van der Waals surface area contributed by atoms with Gasteiger partial charge >= 0.3 is 0 Å². The number of ketones is 2. The number of phenolic OH excluding ortho intramolecular Hbond substituents is 1. The summed E-state index contributed by atoms with van der Waals surface area (Å²) in [6.45, 7) is -2.48. The lowest BCUT2D eigenvalue weighted by molar-refractivity contribution is -0.376. The lowest BCUT2D eigenvalue weighted by Gasteiger charge is -2.48. The molecule has 3 heterocycles. The molecule has 0 saturated carbocycles. The molecule has 332 valence electrons. The molecule has 3 fully saturated rings. The van der Waals surface area contributed by atoms with Gasteiger partial charge in [-0.1, -0.05) is 24.3 Å². The fourth-order valence-electron chi connectivity index (χ4n) is 6.62. The Labute approximate surface area is 342 Å². The molecule has 0 aliphatic carbocycles. The molecule has 5 rings (SSSR count). The van der Waals surface area contributed by atoms with Crippen molar-refractivity contribution in [3.8, 4) is 23.0 Å². The second-order valence-corrected chi connectivity index (χ2v) is 14.0. The number of hydrogen-bond acceptors (Lipinski definition) is 21. The summed E-state index contributed by atoms with van der Waals surface area (Å²) >= 11 is 0. The van der Waals surface area contributed by atoms with E-state index in [1.165, 1.54) is 68.9 Å². The van der Waals surface area contributed by atoms with Crippen molar-refractivity contribution in [2.75, 3.05) is 34.0 Å². The topological polar surface area (TPSA) is 331 Å². The van der Waals surface area contributed by atoms with Crippen LogP contribution in [0.3, 0.4) is 0 Å². The van der Waals surface area contributed by atoms with Gasteiger partial charge in [0.2, 0.25) is 6.29 Å². The van der Waals surface area contributed by atoms with Crippen molar-refractivity contribution in [2.24, 2.45) is 0 Å². The molecule has 2 aromatic rings. The van der Waals surface area contributed by atoms with E-state index in [2.05, 4.69) is 0 Å². The molecule has 0 bridgehead atoms. The Bertz CT molecular complexity index is 1800. The summed E-state index contributed by atoms with van der Waals surface area (Å²) in [6, 6.07) is 8.90. The average Bonchev–Trinajstić information content (AvgIpc) is 3.24. The summed E-state index contributed by atoms with van der Waals surface area (Å²) in [5.74, 6) is -0.708. The third-order valence-electron chi connectivity index (χ3n) is 9.98. The minimum absolute atomic E-state index is 0.00449. The van der Waals surface area contributed by atoms with Crippen LogP contribution in [0.25, 0.3) is 12.2 Å². The molecule has 21 nitrogen and oxygen atoms in total. The number of aliphatic hydroxyl groups is 10. The van der Waals surface area contributed by atoms with Crippen molar-refractivity contribution in [1.82, 2.24) is 0 Å². The van der Waals surface area contributed by atoms with Crippen molar-refractivity contribution in [1.29, 1.82) is 0 Å². The highest BCUT2D eigenvalue weighted by Gasteiger charge is 2.53. The Kier molecular flexibility index (Phi) is 16.5. The molecule has 3 aliphatic rings. The van der Waals surface area contributed by atoms with Gasteiger partial charge in [-0.15, -0.1) is 0 Å². The van der Waals surface area contributed by atoms with Crippen LogP contribution in [-0.2, 0) is 33.3 Å². The standard InChI is InChI=1S/C39H50O21/c1-53-23-11-17(5-9-21(23)45)3-7-19(43)13-20(44)8-4-18-6-10-22(24(12-18)54-2)55-37-33(51)30(48)35(26(15-41)57-37)60-39-34(52)31(49)36(27(16-42)58-39)59-38-32(50)29(47)28(46)25(14-40)56-38/h3-12,25-42,45-52H,13-16H2,1-2H3/b7-3+,8-4+/t25-,26-,27-,28-,29+,30-,31-,32-,33-,34-,35-,36-,37-,38-,39-/m1/s1. The van der Waals surface area contributed by atoms with Gasteiger partial charge in [0.05, 0.1) is 40.5 Å². The smallest absolute Gasteiger partial charge is 0.229 e. The van der Waals surface area contributed by atoms with Crippen LogP contribution in [-0.4, -0.2) is 194 Å². The molecule has 21 heteroatoms. The maximum atomic E-state index is 12.5. The molecule has 0 spiro atoms. The zero-order chi connectivity index (χ0) is 43.8. The first kappa shape index (κ1) is 46.9. The molecule has 0 radical (unpaired) electrons. The third-order valence-corrected chi connectivity index (χ3v) is 9.98. The van der Waals surface area contributed by atoms with Gasteiger partial charge in [-0.25, -0.2) is 0 Å². The summed E-state index contributed by atoms with van der Waals surface area (Å²) in [4.78, 5) is 24.9. The number of benzene rings is 2. The first-order valence-corrected chi connectivity index (χ1v) is 18.6. The molecule has 0 unspecified atom stereocenters. The molecule has 2 aromatic carbocycles. The number of carbonyl (C=O) groups excluding carboxylic acids is 2. The predicted molar refractivity (Wildman–Crippen MR) is 200 cm³/mol. The molecule has 60 heavy (non-hydrogen) atoms. The predicted octanol–water partition coefficient (Wildman–Crippen LogP) is -3.51. The van der Waals surface area contributed by atoms with Crippen molar-refractivity contribution in [3.63, 3.8) is 0 Å². The Hall–Kier alpha value is -4.14. The SMILES string of the molecule is COc1cc(/C=C/C(=O)CC(=O)/C=C/c2ccc(O[C@@H]3O[C@H](CO)[C@@H](O[C@H]4O[C@H](CO)[C@@H](O[C@H]5O[C@H](CO)[C@@H](O)[C@H](O)[C@H]5O)[C@H](O)[C@H]4O)[C@H](O)[C@H]3O)c(OC)c2)ccc1O. The zero-order valence-corrected chi connectivity index (χ0v) is 32.3. The Morgan fingerprint density at radius 2 is 1.02 bits per heavy atom. The van der Waals surface area contributed by atoms with Gasteiger partial charge in [0, 0.05) is 0 Å². The van der Waals surface area contributed by atoms with Gasteiger partial charge in [0.25, 0.3) is 0 Å². The van der Waals surface area contributed by atoms with E-state index in [0.717, 1.165) is 0 Å². The van der Waals surface area contributed by atoms with E-state index in [1.807, 2.05) is 0 Å². The van der Waals surface area contributed by atoms with E-state index in [4.69, 9.17) is 37.9 Å². The largest absolute Gasteiger partial charge is 0.504 e. The van der Waals surface area contributed by atoms with Crippen LogP contribution >= 0.6 is 0 Å². The number of allylic oxidation sites excluding steroid dienone is 2. The Morgan fingerprint density at radius 3 is 1.53 bits per heavy atom. The van der Waals surface area contributed by atoms with Crippen LogP contribution < -0.4 is 14.2 Å². The zero-order valence-electron chi connectivity index (χ0n) is 32.3. The van der Waals surface area contributed by atoms with Gasteiger partial charge in [0.15, 0.2) is 47.1 Å². The number of ether oxygens (including phenoxy) is 8. The van der Waals surface area contributed by atoms with E-state index >= 15 is 0 Å². The van der Waals surface area contributed by atoms with E-state index in [0.29, 0.717) is 11.1 Å². The lowest BCUT2D eigenvalue weighted by Crippen LogP contribution is -2.66. The maximum Gasteiger partial charge on any atom is 0.229 e. The second-order valence-electron chi connectivity index (χ2n) is 14.0. The Balaban J connectivity index is 1.18. The fourth-order valence-corrected chi connectivity index (χ4v) is 6.62. The number of methoxy groups -OCH3 is 2. The molecule has 0 amide bonds. The summed E-state index contributed by atoms with van der Waals surface area (Å²) in [5, 5.41) is 114. The van der Waals surface area contributed by atoms with Crippen LogP contribution in [0.1, 0.15) is 17.5 Å². The highest BCUT2D eigenvalue weighted by atomic mass is 16.8. The lowest BCUT2D eigenvalue weighted by atomic mass is 9.96. The molecule has 3 aliphatic heterocycles. The van der Waals surface area contributed by atoms with Gasteiger partial charge in [-0.2, -0.15) is 0 Å². The van der Waals surface area contributed by atoms with Gasteiger partial charge in [0.1, 0.15) is 73.2 Å². The van der Waals surface area contributed by atoms with E-state index in [1.54, 1.807) is 6.07 Å². The molecular weight excluding hydrogens is 804 g/mol. The van der Waals surface area contributed by atoms with Crippen LogP contribution in [0, 0.1) is 0 Å². The second kappa shape index (κ2) is 21.1. The van der Waals surface area contributed by atoms with Crippen molar-refractivity contribution in [3.05, 3.63) is 59.7 Å². The quantitative estimate of drug-likeness (QED) is 0.0543. The Morgan fingerprint density at radius 1 is 0.567 bits per heavy atom. The molecule has 0 aromatic heterocycles. The first-order valence-electron chi connectivity index (χ1n) is 18.6. The number of phenols is 1. The van der Waals surface area contributed by atoms with E-state index in [-0.39, 0.29) is 23.0 Å². The molecular formula is C39H50O21. The van der Waals surface area contributed by atoms with Crippen LogP contribution in [0.2, 0.25) is 0 Å². The normalized spacial score (nSPS) is 34.8. The van der Waals surface area contributed by atoms with Crippen molar-refractivity contribution >= 4 is 23.7 Å². The number of hydrogen-bond donors (Lipinski definition) is 11. The van der Waals surface area contributed by atoms with Crippen molar-refractivity contribution in [2.45, 2.75) is 98.5 Å². The highest BCUT2D eigenvalue weighted by Crippen LogP contribution is 2.35. The average molecular weight is 855 g/mol. The number of rotatable bonds is 17. The summed E-state index contributed by atoms with van der Waals surface area (Å²) in [7, 11) is 2.70. The molecule has 11 N–H and O–H groups in total. The van der Waals surface area contributed by atoms with Gasteiger partial charge < -0.3 is 94.1 Å². The van der Waals surface area contributed by atoms with Crippen molar-refractivity contribution < 1.29 is 104 Å². The molecule has 3 saturated heterocycles. The number of aliphatic hydroxyl groups excluding tert-OH is 10. The maximum absolute atomic E-state index is 12.5. The number of aromatic hydroxyl groups is 1. The fraction of sp³-hybridized carbons (Fsp3) is 0.538. The minimum Gasteiger partial charge on any atom is -0.504 e. The summed E-state index contributed by atoms with van der Waals surface area (Å²) in [5.41, 5.74) is 1.03. The summed E-state index contributed by atoms with van der Waals surface area (Å²) < 4.78 is 44.1. The highest BCUT2D eigenvalue weighted by molar-refractivity contribution is 6.10. The van der Waals surface area contributed by atoms with E-state index in [9.17, 15) is 65.8 Å².